The predicted octanol–water partition coefficient (Wildman–Crippen LogP) is -0.324. The van der Waals surface area contributed by atoms with Crippen LogP contribution in [0.3, 0.4) is 0 Å². The van der Waals surface area contributed by atoms with Gasteiger partial charge in [-0.1, -0.05) is 0 Å². The third-order valence-electron chi connectivity index (χ3n) is 0.928. The van der Waals surface area contributed by atoms with Crippen molar-refractivity contribution in [3.63, 3.8) is 0 Å². The summed E-state index contributed by atoms with van der Waals surface area (Å²) in [7, 11) is 1.86. The Morgan fingerprint density at radius 3 is 3.00 bits per heavy atom. The molecule has 0 aromatic rings. The number of nitrogens with zero attached hydrogens (tertiary/aromatic N) is 2. The molecule has 1 rings (SSSR count). The minimum absolute atomic E-state index is 0.479. The summed E-state index contributed by atoms with van der Waals surface area (Å²) in [5, 5.41) is 0. The van der Waals surface area contributed by atoms with Crippen molar-refractivity contribution < 1.29 is 4.79 Å². The van der Waals surface area contributed by atoms with Gasteiger partial charge in [-0.2, -0.15) is 0 Å². The SMILES string of the molecule is CN1C=NC(=C=O)C1. The lowest BCUT2D eigenvalue weighted by Crippen LogP contribution is -2.11. The Kier molecular flexibility index (Phi) is 1.14. The number of hydrogen-bond acceptors (Lipinski definition) is 3. The zero-order valence-corrected chi connectivity index (χ0v) is 4.59. The van der Waals surface area contributed by atoms with Crippen molar-refractivity contribution in [1.82, 2.24) is 4.90 Å². The molecule has 0 amide bonds. The number of rotatable bonds is 0. The van der Waals surface area contributed by atoms with Gasteiger partial charge in [0, 0.05) is 7.05 Å². The normalized spacial score (nSPS) is 17.1. The first-order valence-electron chi connectivity index (χ1n) is 2.31. The molecule has 8 heavy (non-hydrogen) atoms. The number of carbonyl (C=O) groups excluding carboxylic acids is 1. The van der Waals surface area contributed by atoms with Crippen LogP contribution in [0.15, 0.2) is 10.7 Å². The summed E-state index contributed by atoms with van der Waals surface area (Å²) < 4.78 is 0. The molecule has 0 aromatic carbocycles. The van der Waals surface area contributed by atoms with Crippen molar-refractivity contribution in [2.45, 2.75) is 0 Å². The van der Waals surface area contributed by atoms with Gasteiger partial charge in [0.2, 0.25) is 0 Å². The number of hydrogen-bond donors (Lipinski definition) is 0. The average Bonchev–Trinajstić information content (AvgIpc) is 2.14. The molecule has 0 bridgehead atoms. The summed E-state index contributed by atoms with van der Waals surface area (Å²) >= 11 is 0. The van der Waals surface area contributed by atoms with Crippen LogP contribution in [0.4, 0.5) is 0 Å². The summed E-state index contributed by atoms with van der Waals surface area (Å²) in [4.78, 5) is 15.4. The highest BCUT2D eigenvalue weighted by Crippen LogP contribution is 1.99. The minimum Gasteiger partial charge on any atom is -0.359 e. The summed E-state index contributed by atoms with van der Waals surface area (Å²) in [6.45, 7) is 0.601. The third-order valence-corrected chi connectivity index (χ3v) is 0.928. The zero-order valence-electron chi connectivity index (χ0n) is 4.59. The molecule has 0 radical (unpaired) electrons. The van der Waals surface area contributed by atoms with Crippen molar-refractivity contribution in [3.8, 4) is 0 Å². The van der Waals surface area contributed by atoms with Crippen molar-refractivity contribution in [1.29, 1.82) is 0 Å². The maximum Gasteiger partial charge on any atom is 0.150 e. The summed E-state index contributed by atoms with van der Waals surface area (Å²) in [6, 6.07) is 0. The fourth-order valence-electron chi connectivity index (χ4n) is 0.545. The van der Waals surface area contributed by atoms with Gasteiger partial charge in [-0.3, -0.25) is 0 Å². The fraction of sp³-hybridized carbons (Fsp3) is 0.400. The summed E-state index contributed by atoms with van der Waals surface area (Å²) in [5.74, 6) is 1.72. The third kappa shape index (κ3) is 0.768. The van der Waals surface area contributed by atoms with Crippen LogP contribution in [0.5, 0.6) is 0 Å². The highest BCUT2D eigenvalue weighted by Gasteiger charge is 2.04. The molecule has 0 aliphatic carbocycles. The lowest BCUT2D eigenvalue weighted by molar-refractivity contribution is 0.558. The molecule has 0 fully saturated rings. The lowest BCUT2D eigenvalue weighted by Gasteiger charge is -1.99. The van der Waals surface area contributed by atoms with Gasteiger partial charge in [-0.15, -0.1) is 0 Å². The standard InChI is InChI=1S/C5H6N2O/c1-7-2-5(3-8)6-4-7/h4H,2H2,1H3. The van der Waals surface area contributed by atoms with Gasteiger partial charge in [0.05, 0.1) is 12.9 Å². The first-order valence-corrected chi connectivity index (χ1v) is 2.31. The molecule has 0 aromatic heterocycles. The Balaban J connectivity index is 2.73. The Labute approximate surface area is 47.3 Å². The van der Waals surface area contributed by atoms with Crippen molar-refractivity contribution in [2.24, 2.45) is 4.99 Å². The van der Waals surface area contributed by atoms with Gasteiger partial charge >= 0.3 is 0 Å². The van der Waals surface area contributed by atoms with Gasteiger partial charge in [-0.25, -0.2) is 9.79 Å². The smallest absolute Gasteiger partial charge is 0.150 e. The zero-order chi connectivity index (χ0) is 5.98. The molecule has 0 unspecified atom stereocenters. The first-order chi connectivity index (χ1) is 3.83. The van der Waals surface area contributed by atoms with E-state index in [0.29, 0.717) is 12.2 Å². The van der Waals surface area contributed by atoms with Gasteiger partial charge in [0.15, 0.2) is 0 Å². The second-order valence-electron chi connectivity index (χ2n) is 1.71. The van der Waals surface area contributed by atoms with Gasteiger partial charge in [0.1, 0.15) is 11.6 Å². The van der Waals surface area contributed by atoms with E-state index in [0.717, 1.165) is 0 Å². The Morgan fingerprint density at radius 1 is 2.00 bits per heavy atom. The average molecular weight is 110 g/mol. The Hall–Kier alpha value is -1.08. The second-order valence-corrected chi connectivity index (χ2v) is 1.71. The quantitative estimate of drug-likeness (QED) is 0.400. The number of aliphatic imine (C=N–C) groups is 1. The fourth-order valence-corrected chi connectivity index (χ4v) is 0.545. The minimum atomic E-state index is 0.479. The molecular formula is C5H6N2O. The molecule has 0 saturated heterocycles. The van der Waals surface area contributed by atoms with Crippen LogP contribution < -0.4 is 0 Å². The topological polar surface area (TPSA) is 32.7 Å². The van der Waals surface area contributed by atoms with E-state index < -0.39 is 0 Å². The van der Waals surface area contributed by atoms with Crippen LogP contribution in [-0.2, 0) is 4.79 Å². The second kappa shape index (κ2) is 1.80. The van der Waals surface area contributed by atoms with Crippen LogP contribution >= 0.6 is 0 Å². The largest absolute Gasteiger partial charge is 0.359 e. The van der Waals surface area contributed by atoms with E-state index in [1.807, 2.05) is 11.9 Å². The van der Waals surface area contributed by atoms with Gasteiger partial charge in [0.25, 0.3) is 0 Å². The molecule has 0 atom stereocenters. The van der Waals surface area contributed by atoms with Gasteiger partial charge in [-0.05, 0) is 0 Å². The molecular weight excluding hydrogens is 104 g/mol. The predicted molar refractivity (Wildman–Crippen MR) is 30.3 cm³/mol. The summed E-state index contributed by atoms with van der Waals surface area (Å²) in [5.41, 5.74) is 0.479. The highest BCUT2D eigenvalue weighted by molar-refractivity contribution is 5.67. The molecule has 3 nitrogen and oxygen atoms in total. The molecule has 1 aliphatic rings. The number of likely N-dealkylation sites (N-methyl/N-ethyl adjacent to an activating group) is 1. The molecule has 3 heteroatoms. The van der Waals surface area contributed by atoms with Crippen molar-refractivity contribution >= 4 is 12.3 Å². The molecule has 1 heterocycles. The van der Waals surface area contributed by atoms with E-state index in [2.05, 4.69) is 4.99 Å². The lowest BCUT2D eigenvalue weighted by atomic mass is 10.5. The molecule has 0 saturated carbocycles. The Bertz CT molecular complexity index is 167. The van der Waals surface area contributed by atoms with Crippen LogP contribution in [0.2, 0.25) is 0 Å². The van der Waals surface area contributed by atoms with E-state index in [1.165, 1.54) is 0 Å². The molecule has 0 N–H and O–H groups in total. The molecule has 1 aliphatic heterocycles. The van der Waals surface area contributed by atoms with E-state index in [4.69, 9.17) is 0 Å². The maximum absolute atomic E-state index is 9.85. The van der Waals surface area contributed by atoms with E-state index in [-0.39, 0.29) is 0 Å². The van der Waals surface area contributed by atoms with Crippen molar-refractivity contribution in [3.05, 3.63) is 5.70 Å². The Morgan fingerprint density at radius 2 is 2.75 bits per heavy atom. The van der Waals surface area contributed by atoms with E-state index in [1.54, 1.807) is 12.3 Å². The highest BCUT2D eigenvalue weighted by atomic mass is 16.1. The van der Waals surface area contributed by atoms with E-state index >= 15 is 0 Å². The van der Waals surface area contributed by atoms with Gasteiger partial charge < -0.3 is 4.90 Å². The van der Waals surface area contributed by atoms with Crippen LogP contribution in [-0.4, -0.2) is 30.8 Å². The van der Waals surface area contributed by atoms with Crippen LogP contribution in [0, 0.1) is 0 Å². The van der Waals surface area contributed by atoms with Crippen LogP contribution in [0.25, 0.3) is 0 Å². The maximum atomic E-state index is 9.85. The molecule has 42 valence electrons. The molecule has 0 spiro atoms. The van der Waals surface area contributed by atoms with E-state index in [9.17, 15) is 4.79 Å². The first kappa shape index (κ1) is 5.06. The summed E-state index contributed by atoms with van der Waals surface area (Å²) in [6.07, 6.45) is 1.61. The van der Waals surface area contributed by atoms with Crippen molar-refractivity contribution in [2.75, 3.05) is 13.6 Å². The monoisotopic (exact) mass is 110 g/mol. The van der Waals surface area contributed by atoms with Crippen LogP contribution in [0.1, 0.15) is 0 Å².